The molecule has 1 aromatic carbocycles. The third-order valence-corrected chi connectivity index (χ3v) is 3.33. The van der Waals surface area contributed by atoms with Crippen molar-refractivity contribution in [1.82, 2.24) is 19.7 Å². The zero-order valence-corrected chi connectivity index (χ0v) is 11.6. The van der Waals surface area contributed by atoms with Crippen LogP contribution in [-0.4, -0.2) is 20.9 Å². The predicted molar refractivity (Wildman–Crippen MR) is 75.7 cm³/mol. The van der Waals surface area contributed by atoms with Crippen molar-refractivity contribution in [1.29, 1.82) is 0 Å². The first kappa shape index (κ1) is 13.8. The second-order valence-electron chi connectivity index (χ2n) is 4.41. The molecule has 1 aromatic heterocycles. The molecule has 1 atom stereocenters. The lowest BCUT2D eigenvalue weighted by Crippen LogP contribution is -2.38. The quantitative estimate of drug-likeness (QED) is 0.899. The van der Waals surface area contributed by atoms with E-state index >= 15 is 0 Å². The highest BCUT2D eigenvalue weighted by atomic mass is 35.5. The smallest absolute Gasteiger partial charge is 0.302 e. The van der Waals surface area contributed by atoms with Crippen LogP contribution in [0.3, 0.4) is 0 Å². The van der Waals surface area contributed by atoms with Gasteiger partial charge >= 0.3 is 5.69 Å². The number of benzene rings is 1. The molecule has 19 heavy (non-hydrogen) atoms. The van der Waals surface area contributed by atoms with Crippen LogP contribution in [0.2, 0.25) is 0 Å². The first-order chi connectivity index (χ1) is 8.81. The Morgan fingerprint density at radius 2 is 2.11 bits per heavy atom. The summed E-state index contributed by atoms with van der Waals surface area (Å²) in [6, 6.07) is 10.1. The zero-order chi connectivity index (χ0) is 12.5. The maximum atomic E-state index is 12.1. The van der Waals surface area contributed by atoms with Gasteiger partial charge in [0, 0.05) is 19.6 Å². The second-order valence-corrected chi connectivity index (χ2v) is 4.41. The maximum Gasteiger partial charge on any atom is 0.346 e. The van der Waals surface area contributed by atoms with Crippen LogP contribution in [0.4, 0.5) is 0 Å². The topological polar surface area (TPSA) is 51.9 Å². The monoisotopic (exact) mass is 280 g/mol. The summed E-state index contributed by atoms with van der Waals surface area (Å²) in [6.45, 7) is 4.03. The van der Waals surface area contributed by atoms with E-state index in [-0.39, 0.29) is 24.1 Å². The van der Waals surface area contributed by atoms with Crippen LogP contribution < -0.4 is 11.0 Å². The van der Waals surface area contributed by atoms with Crippen molar-refractivity contribution in [2.45, 2.75) is 26.1 Å². The first-order valence-electron chi connectivity index (χ1n) is 6.27. The fourth-order valence-electron chi connectivity index (χ4n) is 2.41. The van der Waals surface area contributed by atoms with Crippen LogP contribution >= 0.6 is 12.4 Å². The van der Waals surface area contributed by atoms with Gasteiger partial charge in [0.15, 0.2) is 5.82 Å². The largest absolute Gasteiger partial charge is 0.346 e. The Bertz CT molecular complexity index is 605. The molecule has 1 aliphatic heterocycles. The Morgan fingerprint density at radius 3 is 2.79 bits per heavy atom. The molecular formula is C13H17ClN4O. The van der Waals surface area contributed by atoms with Gasteiger partial charge in [-0.2, -0.15) is 5.10 Å². The molecule has 2 aromatic rings. The molecule has 0 saturated heterocycles. The lowest BCUT2D eigenvalue weighted by Gasteiger charge is -2.23. The summed E-state index contributed by atoms with van der Waals surface area (Å²) in [5, 5.41) is 7.85. The zero-order valence-electron chi connectivity index (χ0n) is 10.7. The van der Waals surface area contributed by atoms with E-state index in [1.54, 1.807) is 4.57 Å². The molecule has 0 aliphatic carbocycles. The maximum absolute atomic E-state index is 12.1. The van der Waals surface area contributed by atoms with Gasteiger partial charge in [0.1, 0.15) is 0 Å². The minimum atomic E-state index is -0.00469. The van der Waals surface area contributed by atoms with E-state index in [2.05, 4.69) is 22.5 Å². The van der Waals surface area contributed by atoms with Crippen LogP contribution in [0.5, 0.6) is 0 Å². The SMILES string of the molecule is CCn1nc2n(c1=O)CCNC2c1ccccc1.Cl. The number of rotatable bonds is 2. The van der Waals surface area contributed by atoms with Gasteiger partial charge in [-0.1, -0.05) is 30.3 Å². The molecule has 102 valence electrons. The van der Waals surface area contributed by atoms with Crippen LogP contribution in [-0.2, 0) is 13.1 Å². The number of nitrogens with zero attached hydrogens (tertiary/aromatic N) is 3. The van der Waals surface area contributed by atoms with Crippen LogP contribution in [0.1, 0.15) is 24.4 Å². The van der Waals surface area contributed by atoms with E-state index in [1.807, 2.05) is 25.1 Å². The molecule has 1 N–H and O–H groups in total. The molecule has 0 radical (unpaired) electrons. The molecule has 1 unspecified atom stereocenters. The number of aryl methyl sites for hydroxylation is 1. The number of hydrogen-bond donors (Lipinski definition) is 1. The van der Waals surface area contributed by atoms with Crippen molar-refractivity contribution in [3.8, 4) is 0 Å². The minimum Gasteiger partial charge on any atom is -0.302 e. The van der Waals surface area contributed by atoms with Gasteiger partial charge in [0.25, 0.3) is 0 Å². The molecular weight excluding hydrogens is 264 g/mol. The molecule has 1 aliphatic rings. The molecule has 0 saturated carbocycles. The molecule has 0 fully saturated rings. The Hall–Kier alpha value is -1.59. The second kappa shape index (κ2) is 5.59. The molecule has 0 bridgehead atoms. The third-order valence-electron chi connectivity index (χ3n) is 3.33. The molecule has 5 nitrogen and oxygen atoms in total. The number of nitrogens with one attached hydrogen (secondary N) is 1. The van der Waals surface area contributed by atoms with Gasteiger partial charge in [-0.05, 0) is 12.5 Å². The fourth-order valence-corrected chi connectivity index (χ4v) is 2.41. The highest BCUT2D eigenvalue weighted by Gasteiger charge is 2.26. The van der Waals surface area contributed by atoms with Gasteiger partial charge in [0.05, 0.1) is 6.04 Å². The van der Waals surface area contributed by atoms with Gasteiger partial charge in [-0.25, -0.2) is 9.48 Å². The average molecular weight is 281 g/mol. The van der Waals surface area contributed by atoms with E-state index in [1.165, 1.54) is 4.68 Å². The summed E-state index contributed by atoms with van der Waals surface area (Å²) < 4.78 is 3.30. The van der Waals surface area contributed by atoms with Crippen molar-refractivity contribution in [2.75, 3.05) is 6.54 Å². The van der Waals surface area contributed by atoms with Gasteiger partial charge < -0.3 is 5.32 Å². The molecule has 2 heterocycles. The normalized spacial score (nSPS) is 17.6. The first-order valence-corrected chi connectivity index (χ1v) is 6.27. The molecule has 6 heteroatoms. The lowest BCUT2D eigenvalue weighted by atomic mass is 10.1. The lowest BCUT2D eigenvalue weighted by molar-refractivity contribution is 0.449. The van der Waals surface area contributed by atoms with Crippen molar-refractivity contribution >= 4 is 12.4 Å². The van der Waals surface area contributed by atoms with E-state index in [0.717, 1.165) is 17.9 Å². The number of fused-ring (bicyclic) bond motifs is 1. The highest BCUT2D eigenvalue weighted by molar-refractivity contribution is 5.85. The summed E-state index contributed by atoms with van der Waals surface area (Å²) in [7, 11) is 0. The minimum absolute atomic E-state index is 0. The van der Waals surface area contributed by atoms with Crippen molar-refractivity contribution in [3.05, 3.63) is 52.2 Å². The summed E-state index contributed by atoms with van der Waals surface area (Å²) >= 11 is 0. The van der Waals surface area contributed by atoms with E-state index in [0.29, 0.717) is 13.1 Å². The summed E-state index contributed by atoms with van der Waals surface area (Å²) in [5.74, 6) is 0.819. The van der Waals surface area contributed by atoms with Crippen LogP contribution in [0, 0.1) is 0 Å². The van der Waals surface area contributed by atoms with Gasteiger partial charge in [0.2, 0.25) is 0 Å². The van der Waals surface area contributed by atoms with E-state index < -0.39 is 0 Å². The van der Waals surface area contributed by atoms with Gasteiger partial charge in [-0.3, -0.25) is 4.57 Å². The number of halogens is 1. The third kappa shape index (κ3) is 2.31. The summed E-state index contributed by atoms with van der Waals surface area (Å²) in [5.41, 5.74) is 1.14. The van der Waals surface area contributed by atoms with Crippen LogP contribution in [0.25, 0.3) is 0 Å². The fraction of sp³-hybridized carbons (Fsp3) is 0.385. The van der Waals surface area contributed by atoms with Crippen LogP contribution in [0.15, 0.2) is 35.1 Å². The van der Waals surface area contributed by atoms with Crippen molar-refractivity contribution in [3.63, 3.8) is 0 Å². The van der Waals surface area contributed by atoms with E-state index in [4.69, 9.17) is 0 Å². The Labute approximate surface area is 117 Å². The molecule has 3 rings (SSSR count). The Balaban J connectivity index is 0.00000133. The summed E-state index contributed by atoms with van der Waals surface area (Å²) in [4.78, 5) is 12.1. The molecule has 0 amide bonds. The number of aromatic nitrogens is 3. The average Bonchev–Trinajstić information content (AvgIpc) is 2.77. The van der Waals surface area contributed by atoms with Gasteiger partial charge in [-0.15, -0.1) is 12.4 Å². The predicted octanol–water partition coefficient (Wildman–Crippen LogP) is 1.18. The highest BCUT2D eigenvalue weighted by Crippen LogP contribution is 2.21. The Kier molecular flexibility index (Phi) is 4.07. The van der Waals surface area contributed by atoms with E-state index in [9.17, 15) is 4.79 Å². The number of hydrogen-bond acceptors (Lipinski definition) is 3. The van der Waals surface area contributed by atoms with Crippen molar-refractivity contribution in [2.24, 2.45) is 0 Å². The summed E-state index contributed by atoms with van der Waals surface area (Å²) in [6.07, 6.45) is 0. The standard InChI is InChI=1S/C13H16N4O.ClH/c1-2-17-13(18)16-9-8-14-11(12(16)15-17)10-6-4-3-5-7-10;/h3-7,11,14H,2,8-9H2,1H3;1H. The Morgan fingerprint density at radius 1 is 1.37 bits per heavy atom. The van der Waals surface area contributed by atoms with Crippen molar-refractivity contribution < 1.29 is 0 Å². The molecule has 0 spiro atoms.